The van der Waals surface area contributed by atoms with Gasteiger partial charge in [0, 0.05) is 5.38 Å². The predicted octanol–water partition coefficient (Wildman–Crippen LogP) is 1.94. The molecule has 1 amide bonds. The molecule has 0 aliphatic carbocycles. The maximum absolute atomic E-state index is 11.3. The minimum Gasteiger partial charge on any atom is -0.487 e. The van der Waals surface area contributed by atoms with Crippen molar-refractivity contribution in [3.8, 4) is 5.75 Å². The number of amides is 1. The van der Waals surface area contributed by atoms with E-state index in [1.807, 2.05) is 26.0 Å². The zero-order valence-electron chi connectivity index (χ0n) is 10.8. The summed E-state index contributed by atoms with van der Waals surface area (Å²) in [6, 6.07) is 5.99. The van der Waals surface area contributed by atoms with E-state index < -0.39 is 0 Å². The van der Waals surface area contributed by atoms with Crippen LogP contribution in [-0.2, 0) is 6.61 Å². The Labute approximate surface area is 115 Å². The summed E-state index contributed by atoms with van der Waals surface area (Å²) in [4.78, 5) is 15.4. The Balaban J connectivity index is 2.02. The number of carbonyl (C=O) groups is 1. The molecule has 0 fully saturated rings. The number of nitrogens with one attached hydrogen (secondary N) is 1. The molecule has 1 heterocycles. The van der Waals surface area contributed by atoms with Crippen molar-refractivity contribution in [3.05, 3.63) is 45.4 Å². The second-order valence-electron chi connectivity index (χ2n) is 4.18. The Hall–Kier alpha value is -1.92. The number of hydrogen-bond donors (Lipinski definition) is 2. The third kappa shape index (κ3) is 3.30. The van der Waals surface area contributed by atoms with E-state index in [-0.39, 0.29) is 5.91 Å². The van der Waals surface area contributed by atoms with Crippen molar-refractivity contribution in [1.29, 1.82) is 0 Å². The quantitative estimate of drug-likeness (QED) is 0.508. The molecule has 6 heteroatoms. The number of aromatic nitrogens is 1. The lowest BCUT2D eigenvalue weighted by atomic mass is 10.1. The maximum Gasteiger partial charge on any atom is 0.294 e. The molecule has 2 rings (SSSR count). The number of nitrogens with two attached hydrogens (primary N) is 1. The van der Waals surface area contributed by atoms with Crippen LogP contribution in [0.25, 0.3) is 0 Å². The van der Waals surface area contributed by atoms with Crippen LogP contribution in [0.4, 0.5) is 0 Å². The summed E-state index contributed by atoms with van der Waals surface area (Å²) in [5.41, 5.74) is 5.04. The van der Waals surface area contributed by atoms with Crippen molar-refractivity contribution in [3.63, 3.8) is 0 Å². The first kappa shape index (κ1) is 13.5. The van der Waals surface area contributed by atoms with Gasteiger partial charge in [0.15, 0.2) is 5.01 Å². The Bertz CT molecular complexity index is 595. The molecule has 0 unspecified atom stereocenters. The van der Waals surface area contributed by atoms with Crippen LogP contribution < -0.4 is 16.0 Å². The van der Waals surface area contributed by atoms with Gasteiger partial charge in [-0.15, -0.1) is 11.3 Å². The van der Waals surface area contributed by atoms with Crippen molar-refractivity contribution >= 4 is 17.2 Å². The molecule has 0 aliphatic rings. The molecule has 2 aromatic rings. The third-order valence-electron chi connectivity index (χ3n) is 2.58. The first-order chi connectivity index (χ1) is 9.10. The molecule has 5 nitrogen and oxygen atoms in total. The monoisotopic (exact) mass is 277 g/mol. The van der Waals surface area contributed by atoms with Crippen LogP contribution in [0.3, 0.4) is 0 Å². The van der Waals surface area contributed by atoms with Crippen LogP contribution in [0.1, 0.15) is 26.6 Å². The normalized spacial score (nSPS) is 10.3. The third-order valence-corrected chi connectivity index (χ3v) is 3.47. The van der Waals surface area contributed by atoms with E-state index in [0.717, 1.165) is 11.3 Å². The molecule has 0 bridgehead atoms. The number of hydrogen-bond acceptors (Lipinski definition) is 5. The Kier molecular flexibility index (Phi) is 4.13. The molecule has 3 N–H and O–H groups in total. The van der Waals surface area contributed by atoms with Gasteiger partial charge >= 0.3 is 0 Å². The number of carbonyl (C=O) groups excluding carboxylic acids is 1. The fourth-order valence-corrected chi connectivity index (χ4v) is 2.36. The highest BCUT2D eigenvalue weighted by molar-refractivity contribution is 7.11. The second-order valence-corrected chi connectivity index (χ2v) is 5.03. The smallest absolute Gasteiger partial charge is 0.294 e. The SMILES string of the molecule is Cc1ccc(OCc2csc(C(=O)NN)n2)c(C)c1. The summed E-state index contributed by atoms with van der Waals surface area (Å²) in [5.74, 6) is 5.48. The molecule has 1 aromatic carbocycles. The summed E-state index contributed by atoms with van der Waals surface area (Å²) in [6.45, 7) is 4.36. The van der Waals surface area contributed by atoms with Crippen LogP contribution in [0.5, 0.6) is 5.75 Å². The predicted molar refractivity (Wildman–Crippen MR) is 74.0 cm³/mol. The number of thiazole rings is 1. The zero-order chi connectivity index (χ0) is 13.8. The van der Waals surface area contributed by atoms with Crippen LogP contribution in [-0.4, -0.2) is 10.9 Å². The van der Waals surface area contributed by atoms with Crippen LogP contribution in [0.2, 0.25) is 0 Å². The summed E-state index contributed by atoms with van der Waals surface area (Å²) in [7, 11) is 0. The van der Waals surface area contributed by atoms with Gasteiger partial charge in [-0.3, -0.25) is 10.2 Å². The molecular formula is C13H15N3O2S. The van der Waals surface area contributed by atoms with Crippen LogP contribution >= 0.6 is 11.3 Å². The lowest BCUT2D eigenvalue weighted by Crippen LogP contribution is -2.29. The zero-order valence-corrected chi connectivity index (χ0v) is 11.6. The van der Waals surface area contributed by atoms with Crippen molar-refractivity contribution in [2.75, 3.05) is 0 Å². The van der Waals surface area contributed by atoms with E-state index in [9.17, 15) is 4.79 Å². The standard InChI is InChI=1S/C13H15N3O2S/c1-8-3-4-11(9(2)5-8)18-6-10-7-19-13(15-10)12(17)16-14/h3-5,7H,6,14H2,1-2H3,(H,16,17). The minimum atomic E-state index is -0.386. The Morgan fingerprint density at radius 3 is 2.95 bits per heavy atom. The molecule has 0 aliphatic heterocycles. The molecule has 0 atom stereocenters. The van der Waals surface area contributed by atoms with E-state index in [4.69, 9.17) is 10.6 Å². The van der Waals surface area contributed by atoms with E-state index in [1.165, 1.54) is 16.9 Å². The van der Waals surface area contributed by atoms with Crippen molar-refractivity contribution in [2.24, 2.45) is 5.84 Å². The fraction of sp³-hybridized carbons (Fsp3) is 0.231. The molecule has 100 valence electrons. The van der Waals surface area contributed by atoms with Gasteiger partial charge in [0.25, 0.3) is 5.91 Å². The Morgan fingerprint density at radius 1 is 1.47 bits per heavy atom. The van der Waals surface area contributed by atoms with Gasteiger partial charge in [-0.1, -0.05) is 17.7 Å². The van der Waals surface area contributed by atoms with E-state index in [1.54, 1.807) is 5.38 Å². The van der Waals surface area contributed by atoms with Crippen molar-refractivity contribution in [1.82, 2.24) is 10.4 Å². The number of rotatable bonds is 4. The number of ether oxygens (including phenoxy) is 1. The molecule has 19 heavy (non-hydrogen) atoms. The van der Waals surface area contributed by atoms with Gasteiger partial charge in [-0.25, -0.2) is 10.8 Å². The number of aryl methyl sites for hydroxylation is 2. The summed E-state index contributed by atoms with van der Waals surface area (Å²) in [5, 5.41) is 2.12. The van der Waals surface area contributed by atoms with E-state index in [2.05, 4.69) is 16.5 Å². The maximum atomic E-state index is 11.3. The number of benzene rings is 1. The molecule has 1 aromatic heterocycles. The average molecular weight is 277 g/mol. The largest absolute Gasteiger partial charge is 0.487 e. The highest BCUT2D eigenvalue weighted by Gasteiger charge is 2.10. The number of nitrogen functional groups attached to an aromatic ring is 1. The molecule has 0 radical (unpaired) electrons. The lowest BCUT2D eigenvalue weighted by molar-refractivity contribution is 0.0953. The van der Waals surface area contributed by atoms with Gasteiger partial charge in [-0.2, -0.15) is 0 Å². The highest BCUT2D eigenvalue weighted by atomic mass is 32.1. The summed E-state index contributed by atoms with van der Waals surface area (Å²) in [6.07, 6.45) is 0. The molecule has 0 saturated heterocycles. The average Bonchev–Trinajstić information content (AvgIpc) is 2.85. The topological polar surface area (TPSA) is 77.2 Å². The minimum absolute atomic E-state index is 0.332. The first-order valence-electron chi connectivity index (χ1n) is 5.75. The van der Waals surface area contributed by atoms with Crippen molar-refractivity contribution in [2.45, 2.75) is 20.5 Å². The fourth-order valence-electron chi connectivity index (χ4n) is 1.65. The number of hydrazine groups is 1. The van der Waals surface area contributed by atoms with Gasteiger partial charge in [0.1, 0.15) is 12.4 Å². The van der Waals surface area contributed by atoms with Gasteiger partial charge in [0.2, 0.25) is 0 Å². The second kappa shape index (κ2) is 5.81. The van der Waals surface area contributed by atoms with Crippen LogP contribution in [0.15, 0.2) is 23.6 Å². The lowest BCUT2D eigenvalue weighted by Gasteiger charge is -2.08. The van der Waals surface area contributed by atoms with Crippen molar-refractivity contribution < 1.29 is 9.53 Å². The highest BCUT2D eigenvalue weighted by Crippen LogP contribution is 2.20. The summed E-state index contributed by atoms with van der Waals surface area (Å²) < 4.78 is 5.69. The van der Waals surface area contributed by atoms with Gasteiger partial charge in [-0.05, 0) is 25.5 Å². The Morgan fingerprint density at radius 2 is 2.26 bits per heavy atom. The summed E-state index contributed by atoms with van der Waals surface area (Å²) >= 11 is 1.24. The number of nitrogens with zero attached hydrogens (tertiary/aromatic N) is 1. The van der Waals surface area contributed by atoms with Crippen LogP contribution in [0, 0.1) is 13.8 Å². The van der Waals surface area contributed by atoms with Gasteiger partial charge < -0.3 is 4.74 Å². The van der Waals surface area contributed by atoms with E-state index >= 15 is 0 Å². The molecular weight excluding hydrogens is 262 g/mol. The first-order valence-corrected chi connectivity index (χ1v) is 6.63. The molecule has 0 spiro atoms. The van der Waals surface area contributed by atoms with Gasteiger partial charge in [0.05, 0.1) is 5.69 Å². The van der Waals surface area contributed by atoms with E-state index in [0.29, 0.717) is 17.3 Å². The molecule has 0 saturated carbocycles.